The second-order valence-corrected chi connectivity index (χ2v) is 2.01. The largest absolute Gasteiger partial charge is 0.122 e. The average Bonchev–Trinajstić information content (AvgIpc) is 1.90. The van der Waals surface area contributed by atoms with Crippen molar-refractivity contribution in [3.8, 4) is 0 Å². The molecule has 0 spiro atoms. The molecule has 0 N–H and O–H groups in total. The third-order valence-corrected chi connectivity index (χ3v) is 1.43. The van der Waals surface area contributed by atoms with Gasteiger partial charge in [-0.15, -0.1) is 11.6 Å². The van der Waals surface area contributed by atoms with Gasteiger partial charge in [-0.3, -0.25) is 0 Å². The summed E-state index contributed by atoms with van der Waals surface area (Å²) in [6, 6.07) is 0. The molecule has 0 unspecified atom stereocenters. The van der Waals surface area contributed by atoms with E-state index in [0.29, 0.717) is 5.88 Å². The molecular formula is C7H8Cl. The van der Waals surface area contributed by atoms with Crippen molar-refractivity contribution >= 4 is 11.6 Å². The van der Waals surface area contributed by atoms with E-state index < -0.39 is 0 Å². The number of rotatable bonds is 1. The molecule has 0 aromatic heterocycles. The molecule has 0 saturated heterocycles. The van der Waals surface area contributed by atoms with E-state index in [0.717, 1.165) is 6.42 Å². The molecular weight excluding hydrogens is 120 g/mol. The van der Waals surface area contributed by atoms with Crippen molar-refractivity contribution in [3.63, 3.8) is 0 Å². The molecule has 0 bridgehead atoms. The van der Waals surface area contributed by atoms with Crippen molar-refractivity contribution in [1.29, 1.82) is 0 Å². The van der Waals surface area contributed by atoms with Gasteiger partial charge < -0.3 is 0 Å². The minimum atomic E-state index is 0.643. The van der Waals surface area contributed by atoms with Crippen LogP contribution in [0.15, 0.2) is 23.8 Å². The highest BCUT2D eigenvalue weighted by Gasteiger charge is 1.92. The predicted molar refractivity (Wildman–Crippen MR) is 36.9 cm³/mol. The SMILES string of the molecule is ClCC1=CC[CH]C=C1. The van der Waals surface area contributed by atoms with E-state index in [2.05, 4.69) is 12.5 Å². The van der Waals surface area contributed by atoms with Crippen LogP contribution in [0.5, 0.6) is 0 Å². The van der Waals surface area contributed by atoms with Crippen molar-refractivity contribution in [2.45, 2.75) is 6.42 Å². The van der Waals surface area contributed by atoms with Gasteiger partial charge in [-0.2, -0.15) is 0 Å². The van der Waals surface area contributed by atoms with E-state index >= 15 is 0 Å². The minimum Gasteiger partial charge on any atom is -0.122 e. The van der Waals surface area contributed by atoms with E-state index in [4.69, 9.17) is 11.6 Å². The maximum absolute atomic E-state index is 5.55. The standard InChI is InChI=1S/C7H8Cl/c8-6-7-4-2-1-3-5-7/h1-2,4-5H,3,6H2. The first-order valence-corrected chi connectivity index (χ1v) is 3.22. The fraction of sp³-hybridized carbons (Fsp3) is 0.286. The fourth-order valence-corrected chi connectivity index (χ4v) is 0.855. The predicted octanol–water partition coefficient (Wildman–Crippen LogP) is 2.32. The Morgan fingerprint density at radius 1 is 1.62 bits per heavy atom. The van der Waals surface area contributed by atoms with Crippen LogP contribution in [-0.4, -0.2) is 5.88 Å². The summed E-state index contributed by atoms with van der Waals surface area (Å²) < 4.78 is 0. The van der Waals surface area contributed by atoms with Gasteiger partial charge in [0.25, 0.3) is 0 Å². The summed E-state index contributed by atoms with van der Waals surface area (Å²) >= 11 is 5.55. The molecule has 1 aliphatic rings. The number of hydrogen-bond acceptors (Lipinski definition) is 0. The molecule has 1 radical (unpaired) electrons. The molecule has 0 saturated carbocycles. The van der Waals surface area contributed by atoms with Crippen LogP contribution in [0.3, 0.4) is 0 Å². The summed E-state index contributed by atoms with van der Waals surface area (Å²) in [7, 11) is 0. The second kappa shape index (κ2) is 2.93. The van der Waals surface area contributed by atoms with Gasteiger partial charge in [0.05, 0.1) is 0 Å². The fourth-order valence-electron chi connectivity index (χ4n) is 0.657. The molecule has 0 aliphatic heterocycles. The number of alkyl halides is 1. The summed E-state index contributed by atoms with van der Waals surface area (Å²) in [6.07, 6.45) is 9.36. The van der Waals surface area contributed by atoms with Crippen LogP contribution in [0.1, 0.15) is 6.42 Å². The van der Waals surface area contributed by atoms with Crippen molar-refractivity contribution in [1.82, 2.24) is 0 Å². The van der Waals surface area contributed by atoms with Gasteiger partial charge >= 0.3 is 0 Å². The highest BCUT2D eigenvalue weighted by molar-refractivity contribution is 6.19. The Hall–Kier alpha value is -0.230. The topological polar surface area (TPSA) is 0 Å². The third kappa shape index (κ3) is 1.38. The Morgan fingerprint density at radius 3 is 2.88 bits per heavy atom. The Balaban J connectivity index is 2.51. The van der Waals surface area contributed by atoms with Crippen molar-refractivity contribution in [2.24, 2.45) is 0 Å². The Kier molecular flexibility index (Phi) is 2.16. The van der Waals surface area contributed by atoms with Crippen molar-refractivity contribution in [3.05, 3.63) is 30.2 Å². The van der Waals surface area contributed by atoms with Gasteiger partial charge in [0.2, 0.25) is 0 Å². The zero-order valence-electron chi connectivity index (χ0n) is 4.60. The van der Waals surface area contributed by atoms with Crippen LogP contribution >= 0.6 is 11.6 Å². The van der Waals surface area contributed by atoms with Gasteiger partial charge in [-0.05, 0) is 18.4 Å². The zero-order chi connectivity index (χ0) is 5.82. The zero-order valence-corrected chi connectivity index (χ0v) is 5.36. The molecule has 0 aromatic rings. The molecule has 0 heterocycles. The molecule has 0 nitrogen and oxygen atoms in total. The first kappa shape index (κ1) is 5.90. The lowest BCUT2D eigenvalue weighted by Gasteiger charge is -1.99. The smallest absolute Gasteiger partial charge is 0.0470 e. The van der Waals surface area contributed by atoms with E-state index in [-0.39, 0.29) is 0 Å². The van der Waals surface area contributed by atoms with Crippen LogP contribution in [0, 0.1) is 6.42 Å². The number of hydrogen-bond donors (Lipinski definition) is 0. The molecule has 1 rings (SSSR count). The first-order chi connectivity index (χ1) is 3.93. The number of allylic oxidation sites excluding steroid dienone is 4. The molecule has 1 aliphatic carbocycles. The van der Waals surface area contributed by atoms with Crippen molar-refractivity contribution in [2.75, 3.05) is 5.88 Å². The Bertz CT molecular complexity index is 122. The molecule has 0 amide bonds. The van der Waals surface area contributed by atoms with Crippen LogP contribution in [0.2, 0.25) is 0 Å². The summed E-state index contributed by atoms with van der Waals surface area (Å²) in [4.78, 5) is 0. The molecule has 0 aromatic carbocycles. The monoisotopic (exact) mass is 127 g/mol. The Labute approximate surface area is 54.8 Å². The van der Waals surface area contributed by atoms with Crippen LogP contribution < -0.4 is 0 Å². The lowest BCUT2D eigenvalue weighted by Crippen LogP contribution is -1.84. The van der Waals surface area contributed by atoms with Gasteiger partial charge in [-0.1, -0.05) is 18.2 Å². The molecule has 43 valence electrons. The first-order valence-electron chi connectivity index (χ1n) is 2.68. The van der Waals surface area contributed by atoms with Crippen LogP contribution in [-0.2, 0) is 0 Å². The minimum absolute atomic E-state index is 0.643. The maximum atomic E-state index is 5.55. The Morgan fingerprint density at radius 2 is 2.50 bits per heavy atom. The maximum Gasteiger partial charge on any atom is 0.0470 e. The van der Waals surface area contributed by atoms with Crippen molar-refractivity contribution < 1.29 is 0 Å². The lowest BCUT2D eigenvalue weighted by molar-refractivity contribution is 1.22. The summed E-state index contributed by atoms with van der Waals surface area (Å²) in [5.74, 6) is 0.643. The van der Waals surface area contributed by atoms with E-state index in [1.54, 1.807) is 0 Å². The van der Waals surface area contributed by atoms with E-state index in [9.17, 15) is 0 Å². The lowest BCUT2D eigenvalue weighted by atomic mass is 10.1. The van der Waals surface area contributed by atoms with Crippen LogP contribution in [0.4, 0.5) is 0 Å². The second-order valence-electron chi connectivity index (χ2n) is 1.74. The van der Waals surface area contributed by atoms with Gasteiger partial charge in [0.15, 0.2) is 0 Å². The summed E-state index contributed by atoms with van der Waals surface area (Å²) in [5.41, 5.74) is 1.23. The highest BCUT2D eigenvalue weighted by Crippen LogP contribution is 2.09. The molecule has 1 heteroatoms. The molecule has 8 heavy (non-hydrogen) atoms. The highest BCUT2D eigenvalue weighted by atomic mass is 35.5. The number of halogens is 1. The quantitative estimate of drug-likeness (QED) is 0.475. The van der Waals surface area contributed by atoms with Gasteiger partial charge in [0.1, 0.15) is 0 Å². The normalized spacial score (nSPS) is 18.4. The molecule has 0 fully saturated rings. The van der Waals surface area contributed by atoms with Gasteiger partial charge in [-0.25, -0.2) is 0 Å². The van der Waals surface area contributed by atoms with Gasteiger partial charge in [0, 0.05) is 5.88 Å². The molecule has 0 atom stereocenters. The summed E-state index contributed by atoms with van der Waals surface area (Å²) in [5, 5.41) is 0. The average molecular weight is 128 g/mol. The van der Waals surface area contributed by atoms with Crippen LogP contribution in [0.25, 0.3) is 0 Å². The van der Waals surface area contributed by atoms with E-state index in [1.165, 1.54) is 5.57 Å². The third-order valence-electron chi connectivity index (χ3n) is 1.12. The summed E-state index contributed by atoms with van der Waals surface area (Å²) in [6.45, 7) is 0. The van der Waals surface area contributed by atoms with E-state index in [1.807, 2.05) is 12.2 Å².